The lowest BCUT2D eigenvalue weighted by Crippen LogP contribution is -2.36. The molecule has 0 radical (unpaired) electrons. The SMILES string of the molecule is Cc1nccnc1C(C)NCC(C)N(C)C. The van der Waals surface area contributed by atoms with Crippen molar-refractivity contribution < 1.29 is 0 Å². The second kappa shape index (κ2) is 5.92. The molecule has 0 bridgehead atoms. The average Bonchev–Trinajstić information content (AvgIpc) is 2.25. The van der Waals surface area contributed by atoms with Gasteiger partial charge in [-0.15, -0.1) is 0 Å². The Balaban J connectivity index is 2.53. The van der Waals surface area contributed by atoms with Crippen LogP contribution in [0.3, 0.4) is 0 Å². The van der Waals surface area contributed by atoms with Crippen molar-refractivity contribution in [1.82, 2.24) is 20.2 Å². The topological polar surface area (TPSA) is 41.1 Å². The summed E-state index contributed by atoms with van der Waals surface area (Å²) in [6.07, 6.45) is 3.48. The highest BCUT2D eigenvalue weighted by Crippen LogP contribution is 2.11. The lowest BCUT2D eigenvalue weighted by molar-refractivity contribution is 0.295. The Morgan fingerprint density at radius 3 is 2.44 bits per heavy atom. The van der Waals surface area contributed by atoms with E-state index in [1.165, 1.54) is 0 Å². The van der Waals surface area contributed by atoms with Gasteiger partial charge in [-0.2, -0.15) is 0 Å². The van der Waals surface area contributed by atoms with E-state index >= 15 is 0 Å². The zero-order valence-electron chi connectivity index (χ0n) is 10.9. The monoisotopic (exact) mass is 222 g/mol. The van der Waals surface area contributed by atoms with Crippen LogP contribution in [0.2, 0.25) is 0 Å². The van der Waals surface area contributed by atoms with Gasteiger partial charge in [-0.3, -0.25) is 9.97 Å². The molecule has 1 rings (SSSR count). The third kappa shape index (κ3) is 3.54. The van der Waals surface area contributed by atoms with E-state index in [-0.39, 0.29) is 6.04 Å². The molecule has 2 unspecified atom stereocenters. The van der Waals surface area contributed by atoms with Gasteiger partial charge >= 0.3 is 0 Å². The Kier molecular flexibility index (Phi) is 4.83. The highest BCUT2D eigenvalue weighted by Gasteiger charge is 2.11. The number of rotatable bonds is 5. The second-order valence-corrected chi connectivity index (χ2v) is 4.47. The fourth-order valence-electron chi connectivity index (χ4n) is 1.47. The first-order valence-corrected chi connectivity index (χ1v) is 5.69. The first-order chi connectivity index (χ1) is 7.52. The van der Waals surface area contributed by atoms with E-state index in [0.717, 1.165) is 17.9 Å². The van der Waals surface area contributed by atoms with Gasteiger partial charge in [-0.05, 0) is 34.9 Å². The Labute approximate surface area is 98.1 Å². The summed E-state index contributed by atoms with van der Waals surface area (Å²) in [6.45, 7) is 7.27. The predicted molar refractivity (Wildman–Crippen MR) is 66.3 cm³/mol. The predicted octanol–water partition coefficient (Wildman–Crippen LogP) is 1.39. The number of aromatic nitrogens is 2. The molecule has 0 aliphatic carbocycles. The molecule has 2 atom stereocenters. The van der Waals surface area contributed by atoms with Gasteiger partial charge < -0.3 is 10.2 Å². The smallest absolute Gasteiger partial charge is 0.0782 e. The Morgan fingerprint density at radius 2 is 1.88 bits per heavy atom. The summed E-state index contributed by atoms with van der Waals surface area (Å²) in [5.74, 6) is 0. The maximum Gasteiger partial charge on any atom is 0.0782 e. The van der Waals surface area contributed by atoms with Gasteiger partial charge in [0, 0.05) is 31.0 Å². The van der Waals surface area contributed by atoms with Crippen molar-refractivity contribution in [3.63, 3.8) is 0 Å². The van der Waals surface area contributed by atoms with Gasteiger partial charge in [-0.25, -0.2) is 0 Å². The molecule has 1 aromatic rings. The van der Waals surface area contributed by atoms with Gasteiger partial charge in [0.25, 0.3) is 0 Å². The summed E-state index contributed by atoms with van der Waals surface area (Å²) >= 11 is 0. The van der Waals surface area contributed by atoms with Crippen molar-refractivity contribution in [1.29, 1.82) is 0 Å². The number of hydrogen-bond acceptors (Lipinski definition) is 4. The summed E-state index contributed by atoms with van der Waals surface area (Å²) in [4.78, 5) is 10.8. The van der Waals surface area contributed by atoms with Gasteiger partial charge in [0.2, 0.25) is 0 Å². The minimum atomic E-state index is 0.246. The Morgan fingerprint density at radius 1 is 1.25 bits per heavy atom. The van der Waals surface area contributed by atoms with Crippen molar-refractivity contribution >= 4 is 0 Å². The number of nitrogens with zero attached hydrogens (tertiary/aromatic N) is 3. The molecule has 1 heterocycles. The Hall–Kier alpha value is -1.00. The molecule has 0 aromatic carbocycles. The molecule has 1 N–H and O–H groups in total. The number of likely N-dealkylation sites (N-methyl/N-ethyl adjacent to an activating group) is 1. The number of hydrogen-bond donors (Lipinski definition) is 1. The van der Waals surface area contributed by atoms with Crippen molar-refractivity contribution in [3.05, 3.63) is 23.8 Å². The first-order valence-electron chi connectivity index (χ1n) is 5.69. The molecule has 90 valence electrons. The summed E-state index contributed by atoms with van der Waals surface area (Å²) in [5.41, 5.74) is 2.04. The van der Waals surface area contributed by atoms with E-state index in [9.17, 15) is 0 Å². The largest absolute Gasteiger partial charge is 0.307 e. The maximum atomic E-state index is 4.36. The number of aryl methyl sites for hydroxylation is 1. The highest BCUT2D eigenvalue weighted by molar-refractivity contribution is 5.12. The minimum absolute atomic E-state index is 0.246. The molecule has 0 amide bonds. The van der Waals surface area contributed by atoms with Crippen LogP contribution in [0.5, 0.6) is 0 Å². The summed E-state index contributed by atoms with van der Waals surface area (Å²) in [6, 6.07) is 0.760. The number of nitrogens with one attached hydrogen (secondary N) is 1. The van der Waals surface area contributed by atoms with E-state index in [0.29, 0.717) is 6.04 Å². The van der Waals surface area contributed by atoms with Gasteiger partial charge in [-0.1, -0.05) is 0 Å². The molecule has 4 heteroatoms. The molecule has 0 aliphatic rings. The normalized spacial score (nSPS) is 15.1. The van der Waals surface area contributed by atoms with Gasteiger partial charge in [0.15, 0.2) is 0 Å². The maximum absolute atomic E-state index is 4.36. The van der Waals surface area contributed by atoms with Crippen LogP contribution in [0.1, 0.15) is 31.3 Å². The van der Waals surface area contributed by atoms with Crippen molar-refractivity contribution in [3.8, 4) is 0 Å². The van der Waals surface area contributed by atoms with Crippen LogP contribution in [0.25, 0.3) is 0 Å². The molecule has 16 heavy (non-hydrogen) atoms. The molecular formula is C12H22N4. The van der Waals surface area contributed by atoms with Crippen LogP contribution in [-0.2, 0) is 0 Å². The van der Waals surface area contributed by atoms with Gasteiger partial charge in [0.1, 0.15) is 0 Å². The lowest BCUT2D eigenvalue weighted by atomic mass is 10.2. The minimum Gasteiger partial charge on any atom is -0.307 e. The fraction of sp³-hybridized carbons (Fsp3) is 0.667. The third-order valence-electron chi connectivity index (χ3n) is 2.93. The Bertz CT molecular complexity index is 325. The third-order valence-corrected chi connectivity index (χ3v) is 2.93. The summed E-state index contributed by atoms with van der Waals surface area (Å²) in [5, 5.41) is 3.48. The van der Waals surface area contributed by atoms with E-state index in [1.54, 1.807) is 12.4 Å². The van der Waals surface area contributed by atoms with Crippen molar-refractivity contribution in [2.24, 2.45) is 0 Å². The molecule has 0 saturated carbocycles. The van der Waals surface area contributed by atoms with E-state index < -0.39 is 0 Å². The van der Waals surface area contributed by atoms with E-state index in [2.05, 4.69) is 48.1 Å². The highest BCUT2D eigenvalue weighted by atomic mass is 15.1. The average molecular weight is 222 g/mol. The first kappa shape index (κ1) is 13.1. The molecule has 0 aliphatic heterocycles. The van der Waals surface area contributed by atoms with Crippen LogP contribution in [-0.4, -0.2) is 41.5 Å². The van der Waals surface area contributed by atoms with Crippen LogP contribution >= 0.6 is 0 Å². The van der Waals surface area contributed by atoms with Crippen molar-refractivity contribution in [2.45, 2.75) is 32.9 Å². The standard InChI is InChI=1S/C12H22N4/c1-9(16(4)5)8-15-11(3)12-10(2)13-6-7-14-12/h6-7,9,11,15H,8H2,1-5H3. The molecule has 0 saturated heterocycles. The summed E-state index contributed by atoms with van der Waals surface area (Å²) < 4.78 is 0. The molecule has 0 spiro atoms. The van der Waals surface area contributed by atoms with Crippen LogP contribution in [0.15, 0.2) is 12.4 Å². The zero-order valence-corrected chi connectivity index (χ0v) is 10.9. The van der Waals surface area contributed by atoms with Crippen LogP contribution in [0, 0.1) is 6.92 Å². The lowest BCUT2D eigenvalue weighted by Gasteiger charge is -2.23. The molecule has 0 fully saturated rings. The molecular weight excluding hydrogens is 200 g/mol. The summed E-state index contributed by atoms with van der Waals surface area (Å²) in [7, 11) is 4.18. The fourth-order valence-corrected chi connectivity index (χ4v) is 1.47. The molecule has 4 nitrogen and oxygen atoms in total. The van der Waals surface area contributed by atoms with Gasteiger partial charge in [0.05, 0.1) is 11.4 Å². The van der Waals surface area contributed by atoms with Crippen molar-refractivity contribution in [2.75, 3.05) is 20.6 Å². The van der Waals surface area contributed by atoms with Crippen LogP contribution in [0.4, 0.5) is 0 Å². The van der Waals surface area contributed by atoms with E-state index in [4.69, 9.17) is 0 Å². The second-order valence-electron chi connectivity index (χ2n) is 4.47. The van der Waals surface area contributed by atoms with E-state index in [1.807, 2.05) is 6.92 Å². The zero-order chi connectivity index (χ0) is 12.1. The van der Waals surface area contributed by atoms with Crippen LogP contribution < -0.4 is 5.32 Å². The molecule has 1 aromatic heterocycles. The quantitative estimate of drug-likeness (QED) is 0.817.